The van der Waals surface area contributed by atoms with E-state index in [0.29, 0.717) is 37.3 Å². The van der Waals surface area contributed by atoms with E-state index in [2.05, 4.69) is 10.2 Å². The van der Waals surface area contributed by atoms with E-state index in [9.17, 15) is 9.90 Å². The first-order chi connectivity index (χ1) is 17.2. The van der Waals surface area contributed by atoms with Gasteiger partial charge in [0, 0.05) is 42.9 Å². The zero-order chi connectivity index (χ0) is 25.6. The smallest absolute Gasteiger partial charge is 0.249 e. The number of hydrogen-bond donors (Lipinski definition) is 3. The SMILES string of the molecule is C[C@@H](O)COc1ccc(C(N)=O)c(-c2c(Cl)c(F)cc3c2C[C@@]2(c4ccccc4)CNCCN32)c1F. The highest BCUT2D eigenvalue weighted by atomic mass is 35.5. The van der Waals surface area contributed by atoms with E-state index >= 15 is 8.78 Å². The average molecular weight is 514 g/mol. The normalized spacial score (nSPS) is 19.5. The van der Waals surface area contributed by atoms with Crippen LogP contribution < -0.4 is 20.7 Å². The third-order valence-electron chi connectivity index (χ3n) is 6.92. The predicted molar refractivity (Wildman–Crippen MR) is 135 cm³/mol. The summed E-state index contributed by atoms with van der Waals surface area (Å²) in [6.07, 6.45) is -0.440. The van der Waals surface area contributed by atoms with Gasteiger partial charge in [-0.15, -0.1) is 0 Å². The number of ether oxygens (including phenoxy) is 1. The summed E-state index contributed by atoms with van der Waals surface area (Å²) in [5.74, 6) is -2.69. The number of aliphatic hydroxyl groups is 1. The van der Waals surface area contributed by atoms with Gasteiger partial charge in [0.2, 0.25) is 5.91 Å². The molecule has 0 bridgehead atoms. The summed E-state index contributed by atoms with van der Waals surface area (Å²) in [4.78, 5) is 14.5. The third kappa shape index (κ3) is 3.89. The van der Waals surface area contributed by atoms with Crippen molar-refractivity contribution in [2.45, 2.75) is 25.0 Å². The van der Waals surface area contributed by atoms with Crippen molar-refractivity contribution in [1.29, 1.82) is 0 Å². The number of amides is 1. The number of nitrogens with zero attached hydrogens (tertiary/aromatic N) is 1. The van der Waals surface area contributed by atoms with Crippen LogP contribution in [0.4, 0.5) is 14.5 Å². The number of nitrogens with two attached hydrogens (primary N) is 1. The third-order valence-corrected chi connectivity index (χ3v) is 7.29. The van der Waals surface area contributed by atoms with E-state index < -0.39 is 29.2 Å². The molecule has 4 N–H and O–H groups in total. The van der Waals surface area contributed by atoms with Crippen molar-refractivity contribution in [1.82, 2.24) is 5.32 Å². The molecule has 36 heavy (non-hydrogen) atoms. The number of aliphatic hydroxyl groups excluding tert-OH is 1. The lowest BCUT2D eigenvalue weighted by molar-refractivity contribution is 0.0999. The number of carbonyl (C=O) groups excluding carboxylic acids is 1. The van der Waals surface area contributed by atoms with Gasteiger partial charge in [0.25, 0.3) is 0 Å². The van der Waals surface area contributed by atoms with Crippen molar-refractivity contribution in [2.75, 3.05) is 31.1 Å². The number of carbonyl (C=O) groups is 1. The molecule has 1 amide bonds. The van der Waals surface area contributed by atoms with Crippen LogP contribution in [0.1, 0.15) is 28.4 Å². The molecule has 1 fully saturated rings. The Labute approximate surface area is 212 Å². The van der Waals surface area contributed by atoms with E-state index in [1.165, 1.54) is 25.1 Å². The second-order valence-corrected chi connectivity index (χ2v) is 9.65. The summed E-state index contributed by atoms with van der Waals surface area (Å²) in [5, 5.41) is 12.7. The quantitative estimate of drug-likeness (QED) is 0.464. The Balaban J connectivity index is 1.76. The van der Waals surface area contributed by atoms with Crippen LogP contribution in [0.25, 0.3) is 11.1 Å². The van der Waals surface area contributed by atoms with Crippen molar-refractivity contribution in [3.63, 3.8) is 0 Å². The van der Waals surface area contributed by atoms with E-state index in [0.717, 1.165) is 5.56 Å². The first-order valence-corrected chi connectivity index (χ1v) is 12.1. The Morgan fingerprint density at radius 2 is 2.00 bits per heavy atom. The summed E-state index contributed by atoms with van der Waals surface area (Å²) in [6, 6.07) is 13.8. The molecular formula is C27H26ClF2N3O3. The Morgan fingerprint density at radius 1 is 1.25 bits per heavy atom. The molecule has 0 radical (unpaired) electrons. The largest absolute Gasteiger partial charge is 0.488 e. The Hall–Kier alpha value is -3.20. The van der Waals surface area contributed by atoms with Gasteiger partial charge in [0.1, 0.15) is 12.4 Å². The number of primary amides is 1. The molecule has 0 saturated carbocycles. The summed E-state index contributed by atoms with van der Waals surface area (Å²) in [6.45, 7) is 3.22. The van der Waals surface area contributed by atoms with E-state index in [-0.39, 0.29) is 34.1 Å². The average Bonchev–Trinajstić information content (AvgIpc) is 3.19. The molecule has 2 atom stereocenters. The molecular weight excluding hydrogens is 488 g/mol. The van der Waals surface area contributed by atoms with Gasteiger partial charge >= 0.3 is 0 Å². The van der Waals surface area contributed by atoms with Gasteiger partial charge in [-0.2, -0.15) is 0 Å². The van der Waals surface area contributed by atoms with Crippen LogP contribution in [0.3, 0.4) is 0 Å². The molecule has 3 aromatic carbocycles. The lowest BCUT2D eigenvalue weighted by Crippen LogP contribution is -2.57. The number of halogens is 3. The van der Waals surface area contributed by atoms with E-state index in [4.69, 9.17) is 22.1 Å². The summed E-state index contributed by atoms with van der Waals surface area (Å²) in [5.41, 5.74) is 7.07. The van der Waals surface area contributed by atoms with Crippen molar-refractivity contribution in [3.05, 3.63) is 81.9 Å². The highest BCUT2D eigenvalue weighted by molar-refractivity contribution is 6.34. The molecule has 5 rings (SSSR count). The van der Waals surface area contributed by atoms with E-state index in [1.807, 2.05) is 30.3 Å². The Morgan fingerprint density at radius 3 is 2.69 bits per heavy atom. The lowest BCUT2D eigenvalue weighted by Gasteiger charge is -2.45. The van der Waals surface area contributed by atoms with Crippen LogP contribution in [0.5, 0.6) is 5.75 Å². The van der Waals surface area contributed by atoms with Crippen molar-refractivity contribution in [3.8, 4) is 16.9 Å². The van der Waals surface area contributed by atoms with Crippen LogP contribution in [-0.4, -0.2) is 43.4 Å². The Kier molecular flexibility index (Phi) is 6.36. The monoisotopic (exact) mass is 513 g/mol. The van der Waals surface area contributed by atoms with Crippen LogP contribution in [-0.2, 0) is 12.0 Å². The zero-order valence-corrected chi connectivity index (χ0v) is 20.4. The van der Waals surface area contributed by atoms with Gasteiger partial charge in [0.15, 0.2) is 11.6 Å². The second kappa shape index (κ2) is 9.35. The fourth-order valence-electron chi connectivity index (χ4n) is 5.36. The molecule has 3 aromatic rings. The van der Waals surface area contributed by atoms with Gasteiger partial charge in [-0.05, 0) is 36.2 Å². The van der Waals surface area contributed by atoms with Gasteiger partial charge in [-0.1, -0.05) is 41.9 Å². The summed E-state index contributed by atoms with van der Waals surface area (Å²) < 4.78 is 36.8. The maximum atomic E-state index is 16.0. The first-order valence-electron chi connectivity index (χ1n) is 11.7. The number of anilines is 1. The molecule has 0 unspecified atom stereocenters. The number of hydrogen-bond acceptors (Lipinski definition) is 5. The van der Waals surface area contributed by atoms with Crippen LogP contribution in [0.15, 0.2) is 48.5 Å². The minimum absolute atomic E-state index is 0.0881. The Bertz CT molecular complexity index is 1340. The van der Waals surface area contributed by atoms with Crippen LogP contribution in [0.2, 0.25) is 5.02 Å². The summed E-state index contributed by atoms with van der Waals surface area (Å²) >= 11 is 6.52. The number of rotatable bonds is 6. The highest BCUT2D eigenvalue weighted by Crippen LogP contribution is 2.52. The number of benzene rings is 3. The molecule has 2 heterocycles. The molecule has 0 aliphatic carbocycles. The number of piperazine rings is 1. The van der Waals surface area contributed by atoms with E-state index in [1.54, 1.807) is 0 Å². The minimum atomic E-state index is -0.890. The lowest BCUT2D eigenvalue weighted by atomic mass is 9.83. The van der Waals surface area contributed by atoms with Gasteiger partial charge < -0.3 is 25.8 Å². The summed E-state index contributed by atoms with van der Waals surface area (Å²) in [7, 11) is 0. The first kappa shape index (κ1) is 24.5. The fraction of sp³-hybridized carbons (Fsp3) is 0.296. The molecule has 2 aliphatic heterocycles. The molecule has 0 spiro atoms. The molecule has 9 heteroatoms. The molecule has 1 saturated heterocycles. The molecule has 188 valence electrons. The maximum absolute atomic E-state index is 16.0. The van der Waals surface area contributed by atoms with Crippen molar-refractivity contribution >= 4 is 23.2 Å². The standard InChI is InChI=1S/C27H26ClF2N3O3/c1-15(34)13-36-21-8-7-17(26(31)35)23(25(21)30)22-18-12-27(16-5-3-2-4-6-16)14-32-9-10-33(27)20(18)11-19(29)24(22)28/h2-8,11,15,32,34H,9-10,12-14H2,1H3,(H2,31,35)/t15-,27+/m1/s1. The number of nitrogens with one attached hydrogen (secondary N) is 1. The van der Waals surface area contributed by atoms with Gasteiger partial charge in [-0.25, -0.2) is 8.78 Å². The molecule has 2 aliphatic rings. The van der Waals surface area contributed by atoms with Crippen LogP contribution >= 0.6 is 11.6 Å². The second-order valence-electron chi connectivity index (χ2n) is 9.27. The van der Waals surface area contributed by atoms with Crippen LogP contribution in [0, 0.1) is 11.6 Å². The predicted octanol–water partition coefficient (Wildman–Crippen LogP) is 4.00. The molecule has 0 aromatic heterocycles. The highest BCUT2D eigenvalue weighted by Gasteiger charge is 2.48. The van der Waals surface area contributed by atoms with Crippen molar-refractivity contribution in [2.24, 2.45) is 5.73 Å². The van der Waals surface area contributed by atoms with Gasteiger partial charge in [-0.3, -0.25) is 4.79 Å². The topological polar surface area (TPSA) is 87.8 Å². The molecule has 6 nitrogen and oxygen atoms in total. The van der Waals surface area contributed by atoms with Crippen molar-refractivity contribution < 1.29 is 23.4 Å². The van der Waals surface area contributed by atoms with Gasteiger partial charge in [0.05, 0.1) is 22.2 Å². The fourth-order valence-corrected chi connectivity index (χ4v) is 5.63. The number of fused-ring (bicyclic) bond motifs is 3. The maximum Gasteiger partial charge on any atom is 0.249 e. The minimum Gasteiger partial charge on any atom is -0.488 e. The zero-order valence-electron chi connectivity index (χ0n) is 19.7.